The van der Waals surface area contributed by atoms with Gasteiger partial charge in [-0.1, -0.05) is 44.2 Å². The van der Waals surface area contributed by atoms with Crippen molar-refractivity contribution in [1.82, 2.24) is 0 Å². The molecule has 0 amide bonds. The van der Waals surface area contributed by atoms with Crippen molar-refractivity contribution < 1.29 is 14.3 Å². The number of benzene rings is 1. The van der Waals surface area contributed by atoms with Gasteiger partial charge in [-0.25, -0.2) is 4.79 Å². The lowest BCUT2D eigenvalue weighted by Crippen LogP contribution is -2.15. The number of carbonyl (C=O) groups excluding carboxylic acids is 1. The van der Waals surface area contributed by atoms with Crippen LogP contribution < -0.4 is 0 Å². The minimum atomic E-state index is -0.402. The lowest BCUT2D eigenvalue weighted by atomic mass is 10.1. The first-order valence-corrected chi connectivity index (χ1v) is 5.55. The molecule has 1 fully saturated rings. The second-order valence-electron chi connectivity index (χ2n) is 4.41. The van der Waals surface area contributed by atoms with Crippen LogP contribution in [0.2, 0.25) is 0 Å². The Morgan fingerprint density at radius 1 is 1.38 bits per heavy atom. The summed E-state index contributed by atoms with van der Waals surface area (Å²) in [6.45, 7) is 4.48. The Bertz CT molecular complexity index is 359. The van der Waals surface area contributed by atoms with Crippen molar-refractivity contribution >= 4 is 5.97 Å². The van der Waals surface area contributed by atoms with E-state index >= 15 is 0 Å². The maximum Gasteiger partial charge on any atom is 0.338 e. The van der Waals surface area contributed by atoms with Gasteiger partial charge in [-0.05, 0) is 11.5 Å². The minimum Gasteiger partial charge on any atom is -0.463 e. The summed E-state index contributed by atoms with van der Waals surface area (Å²) in [4.78, 5) is 11.5. The normalized spacial score (nSPS) is 23.2. The van der Waals surface area contributed by atoms with Crippen molar-refractivity contribution in [3.05, 3.63) is 35.9 Å². The highest BCUT2D eigenvalue weighted by molar-refractivity contribution is 5.78. The summed E-state index contributed by atoms with van der Waals surface area (Å²) in [6.07, 6.45) is -0.512. The third-order valence-corrected chi connectivity index (χ3v) is 2.41. The zero-order chi connectivity index (χ0) is 11.5. The Balaban J connectivity index is 1.85. The first-order chi connectivity index (χ1) is 7.68. The second-order valence-corrected chi connectivity index (χ2v) is 4.41. The molecule has 0 aliphatic carbocycles. The van der Waals surface area contributed by atoms with E-state index in [9.17, 15) is 4.79 Å². The molecule has 86 valence electrons. The van der Waals surface area contributed by atoms with Gasteiger partial charge in [0, 0.05) is 0 Å². The van der Waals surface area contributed by atoms with Gasteiger partial charge in [0.25, 0.3) is 0 Å². The van der Waals surface area contributed by atoms with Crippen molar-refractivity contribution in [1.29, 1.82) is 0 Å². The molecular formula is C13H16O3. The summed E-state index contributed by atoms with van der Waals surface area (Å²) < 4.78 is 10.4. The van der Waals surface area contributed by atoms with Crippen LogP contribution in [0.15, 0.2) is 30.3 Å². The predicted octanol–water partition coefficient (Wildman–Crippen LogP) is 2.33. The van der Waals surface area contributed by atoms with Gasteiger partial charge in [0.1, 0.15) is 6.10 Å². The van der Waals surface area contributed by atoms with E-state index in [1.165, 1.54) is 0 Å². The predicted molar refractivity (Wildman–Crippen MR) is 59.9 cm³/mol. The van der Waals surface area contributed by atoms with E-state index in [0.29, 0.717) is 12.5 Å². The van der Waals surface area contributed by atoms with E-state index in [2.05, 4.69) is 0 Å². The molecule has 16 heavy (non-hydrogen) atoms. The fourth-order valence-corrected chi connectivity index (χ4v) is 1.52. The number of hydrogen-bond acceptors (Lipinski definition) is 3. The average molecular weight is 220 g/mol. The summed E-state index contributed by atoms with van der Waals surface area (Å²) in [5, 5.41) is 0. The minimum absolute atomic E-state index is 0.110. The number of hydrogen-bond donors (Lipinski definition) is 0. The highest BCUT2D eigenvalue weighted by atomic mass is 16.6. The van der Waals surface area contributed by atoms with E-state index in [1.807, 2.05) is 44.2 Å². The van der Waals surface area contributed by atoms with Crippen molar-refractivity contribution in [3.8, 4) is 0 Å². The number of esters is 1. The van der Waals surface area contributed by atoms with Crippen LogP contribution in [0.5, 0.6) is 0 Å². The molecule has 1 saturated heterocycles. The van der Waals surface area contributed by atoms with E-state index in [0.717, 1.165) is 5.56 Å². The second kappa shape index (κ2) is 4.66. The van der Waals surface area contributed by atoms with Gasteiger partial charge >= 0.3 is 5.97 Å². The molecule has 2 unspecified atom stereocenters. The van der Waals surface area contributed by atoms with Gasteiger partial charge in [-0.3, -0.25) is 0 Å². The number of rotatable bonds is 4. The molecule has 2 rings (SSSR count). The lowest BCUT2D eigenvalue weighted by Gasteiger charge is -2.04. The zero-order valence-corrected chi connectivity index (χ0v) is 9.55. The molecule has 0 aromatic heterocycles. The Kier molecular flexibility index (Phi) is 3.25. The van der Waals surface area contributed by atoms with Crippen LogP contribution in [0, 0.1) is 5.92 Å². The van der Waals surface area contributed by atoms with E-state index in [1.54, 1.807) is 0 Å². The van der Waals surface area contributed by atoms with Crippen molar-refractivity contribution in [3.63, 3.8) is 0 Å². The maximum atomic E-state index is 11.5. The van der Waals surface area contributed by atoms with Gasteiger partial charge in [0.2, 0.25) is 0 Å². The standard InChI is InChI=1S/C13H16O3/c1-9(2)8-15-13(14)12-11(16-12)10-6-4-3-5-7-10/h3-7,9,11-12H,8H2,1-2H3. The third kappa shape index (κ3) is 2.61. The Morgan fingerprint density at radius 3 is 2.69 bits per heavy atom. The summed E-state index contributed by atoms with van der Waals surface area (Å²) in [7, 11) is 0. The van der Waals surface area contributed by atoms with Crippen LogP contribution in [-0.4, -0.2) is 18.7 Å². The van der Waals surface area contributed by atoms with Crippen molar-refractivity contribution in [2.75, 3.05) is 6.61 Å². The topological polar surface area (TPSA) is 38.8 Å². The maximum absolute atomic E-state index is 11.5. The largest absolute Gasteiger partial charge is 0.463 e. The fraction of sp³-hybridized carbons (Fsp3) is 0.462. The summed E-state index contributed by atoms with van der Waals surface area (Å²) >= 11 is 0. The highest BCUT2D eigenvalue weighted by Gasteiger charge is 2.47. The summed E-state index contributed by atoms with van der Waals surface area (Å²) in [6, 6.07) is 9.74. The van der Waals surface area contributed by atoms with Crippen LogP contribution in [0.1, 0.15) is 25.5 Å². The molecule has 1 aliphatic rings. The molecular weight excluding hydrogens is 204 g/mol. The molecule has 1 heterocycles. The van der Waals surface area contributed by atoms with Crippen LogP contribution in [0.3, 0.4) is 0 Å². The Hall–Kier alpha value is -1.35. The van der Waals surface area contributed by atoms with Crippen LogP contribution in [0.4, 0.5) is 0 Å². The fourth-order valence-electron chi connectivity index (χ4n) is 1.52. The first kappa shape index (κ1) is 11.1. The van der Waals surface area contributed by atoms with Gasteiger partial charge in [-0.2, -0.15) is 0 Å². The van der Waals surface area contributed by atoms with E-state index < -0.39 is 6.10 Å². The first-order valence-electron chi connectivity index (χ1n) is 5.55. The summed E-state index contributed by atoms with van der Waals surface area (Å²) in [5.41, 5.74) is 1.04. The summed E-state index contributed by atoms with van der Waals surface area (Å²) in [5.74, 6) is 0.112. The number of carbonyl (C=O) groups is 1. The smallest absolute Gasteiger partial charge is 0.338 e. The molecule has 0 spiro atoms. The Labute approximate surface area is 95.4 Å². The zero-order valence-electron chi connectivity index (χ0n) is 9.55. The van der Waals surface area contributed by atoms with Crippen molar-refractivity contribution in [2.24, 2.45) is 5.92 Å². The van der Waals surface area contributed by atoms with Crippen LogP contribution in [0.25, 0.3) is 0 Å². The molecule has 0 saturated carbocycles. The van der Waals surface area contributed by atoms with E-state index in [4.69, 9.17) is 9.47 Å². The Morgan fingerprint density at radius 2 is 2.06 bits per heavy atom. The van der Waals surface area contributed by atoms with Crippen LogP contribution >= 0.6 is 0 Å². The average Bonchev–Trinajstić information content (AvgIpc) is 3.07. The SMILES string of the molecule is CC(C)COC(=O)C1OC1c1ccccc1. The number of epoxide rings is 1. The van der Waals surface area contributed by atoms with Crippen LogP contribution in [-0.2, 0) is 14.3 Å². The molecule has 0 bridgehead atoms. The molecule has 3 nitrogen and oxygen atoms in total. The van der Waals surface area contributed by atoms with E-state index in [-0.39, 0.29) is 12.1 Å². The molecule has 1 aromatic rings. The van der Waals surface area contributed by atoms with Gasteiger partial charge in [0.05, 0.1) is 6.61 Å². The molecule has 0 radical (unpaired) electrons. The van der Waals surface area contributed by atoms with Crippen molar-refractivity contribution in [2.45, 2.75) is 26.1 Å². The molecule has 0 N–H and O–H groups in total. The van der Waals surface area contributed by atoms with Gasteiger partial charge in [-0.15, -0.1) is 0 Å². The molecule has 1 aromatic carbocycles. The monoisotopic (exact) mass is 220 g/mol. The highest BCUT2D eigenvalue weighted by Crippen LogP contribution is 2.39. The lowest BCUT2D eigenvalue weighted by molar-refractivity contribution is -0.146. The third-order valence-electron chi connectivity index (χ3n) is 2.41. The molecule has 2 atom stereocenters. The molecule has 1 aliphatic heterocycles. The molecule has 3 heteroatoms. The van der Waals surface area contributed by atoms with Gasteiger partial charge < -0.3 is 9.47 Å². The quantitative estimate of drug-likeness (QED) is 0.577. The van der Waals surface area contributed by atoms with Gasteiger partial charge in [0.15, 0.2) is 6.10 Å². The number of ether oxygens (including phenoxy) is 2.